The molecule has 0 aliphatic rings. The lowest BCUT2D eigenvalue weighted by atomic mass is 10.3. The lowest BCUT2D eigenvalue weighted by Gasteiger charge is -2.13. The zero-order valence-electron chi connectivity index (χ0n) is 12.7. The van der Waals surface area contributed by atoms with E-state index >= 15 is 0 Å². The van der Waals surface area contributed by atoms with Crippen molar-refractivity contribution in [1.82, 2.24) is 10.3 Å². The van der Waals surface area contributed by atoms with E-state index in [2.05, 4.69) is 15.6 Å². The number of carbonyl (C=O) groups excluding carboxylic acids is 1. The number of methoxy groups -OCH3 is 1. The number of nitrogens with zero attached hydrogens (tertiary/aromatic N) is 1. The Morgan fingerprint density at radius 1 is 1.26 bits per heavy atom. The minimum absolute atomic E-state index is 0.0717. The summed E-state index contributed by atoms with van der Waals surface area (Å²) in [6.45, 7) is 0.163. The number of amides is 2. The third-order valence-corrected chi connectivity index (χ3v) is 2.89. The van der Waals surface area contributed by atoms with Gasteiger partial charge in [0.05, 0.1) is 19.0 Å². The monoisotopic (exact) mass is 317 g/mol. The third kappa shape index (κ3) is 5.84. The molecule has 0 bridgehead atoms. The summed E-state index contributed by atoms with van der Waals surface area (Å²) in [5, 5.41) is 15.0. The fourth-order valence-electron chi connectivity index (χ4n) is 1.73. The fraction of sp³-hybridized carbons (Fsp3) is 0.250. The molecule has 0 radical (unpaired) electrons. The second-order valence-electron chi connectivity index (χ2n) is 4.70. The molecule has 23 heavy (non-hydrogen) atoms. The van der Waals surface area contributed by atoms with Gasteiger partial charge >= 0.3 is 6.03 Å². The zero-order chi connectivity index (χ0) is 16.5. The minimum atomic E-state index is -0.810. The number of aliphatic hydroxyl groups excluding tert-OH is 1. The van der Waals surface area contributed by atoms with Gasteiger partial charge in [-0.15, -0.1) is 0 Å². The van der Waals surface area contributed by atoms with Crippen LogP contribution in [0.4, 0.5) is 10.5 Å². The molecule has 1 atom stereocenters. The van der Waals surface area contributed by atoms with Gasteiger partial charge in [0.25, 0.3) is 0 Å². The van der Waals surface area contributed by atoms with E-state index in [-0.39, 0.29) is 13.2 Å². The number of ether oxygens (including phenoxy) is 2. The molecule has 1 aromatic carbocycles. The van der Waals surface area contributed by atoms with Crippen LogP contribution in [0.1, 0.15) is 0 Å². The molecule has 0 aliphatic heterocycles. The van der Waals surface area contributed by atoms with Gasteiger partial charge in [-0.05, 0) is 18.2 Å². The van der Waals surface area contributed by atoms with Crippen molar-refractivity contribution in [1.29, 1.82) is 0 Å². The summed E-state index contributed by atoms with van der Waals surface area (Å²) in [5.74, 6) is 1.13. The molecule has 0 aliphatic carbocycles. The van der Waals surface area contributed by atoms with Crippen LogP contribution in [-0.4, -0.2) is 42.5 Å². The molecule has 2 amide bonds. The minimum Gasteiger partial charge on any atom is -0.491 e. The van der Waals surface area contributed by atoms with Gasteiger partial charge in [-0.3, -0.25) is 0 Å². The molecule has 1 heterocycles. The van der Waals surface area contributed by atoms with Crippen molar-refractivity contribution in [3.8, 4) is 11.6 Å². The predicted molar refractivity (Wildman–Crippen MR) is 85.8 cm³/mol. The van der Waals surface area contributed by atoms with Gasteiger partial charge in [0.15, 0.2) is 0 Å². The van der Waals surface area contributed by atoms with Gasteiger partial charge in [-0.2, -0.15) is 0 Å². The van der Waals surface area contributed by atoms with Crippen LogP contribution in [0.15, 0.2) is 48.7 Å². The molecule has 122 valence electrons. The summed E-state index contributed by atoms with van der Waals surface area (Å²) in [4.78, 5) is 15.7. The first-order chi connectivity index (χ1) is 11.2. The maximum absolute atomic E-state index is 11.7. The lowest BCUT2D eigenvalue weighted by molar-refractivity contribution is 0.108. The van der Waals surface area contributed by atoms with Crippen molar-refractivity contribution >= 4 is 11.7 Å². The van der Waals surface area contributed by atoms with Crippen molar-refractivity contribution in [3.63, 3.8) is 0 Å². The molecule has 1 aromatic heterocycles. The first kappa shape index (κ1) is 16.6. The van der Waals surface area contributed by atoms with Crippen LogP contribution in [0.5, 0.6) is 11.6 Å². The van der Waals surface area contributed by atoms with Crippen LogP contribution in [-0.2, 0) is 0 Å². The Balaban J connectivity index is 1.68. The largest absolute Gasteiger partial charge is 0.491 e. The zero-order valence-corrected chi connectivity index (χ0v) is 12.7. The number of carbonyl (C=O) groups is 1. The number of benzene rings is 1. The number of nitrogens with one attached hydrogen (secondary N) is 2. The normalized spacial score (nSPS) is 11.4. The SMILES string of the molecule is COc1ccc(NC(=O)NC[C@H](O)COc2ccccc2)cn1. The summed E-state index contributed by atoms with van der Waals surface area (Å²) in [6.07, 6.45) is 0.669. The molecule has 7 nitrogen and oxygen atoms in total. The van der Waals surface area contributed by atoms with Crippen molar-refractivity contribution < 1.29 is 19.4 Å². The topological polar surface area (TPSA) is 92.7 Å². The molecule has 2 rings (SSSR count). The maximum Gasteiger partial charge on any atom is 0.319 e. The van der Waals surface area contributed by atoms with Gasteiger partial charge in [0, 0.05) is 12.6 Å². The highest BCUT2D eigenvalue weighted by Gasteiger charge is 2.08. The molecule has 0 saturated carbocycles. The Labute approximate surface area is 134 Å². The van der Waals surface area contributed by atoms with E-state index in [0.29, 0.717) is 17.3 Å². The summed E-state index contributed by atoms with van der Waals surface area (Å²) < 4.78 is 10.3. The van der Waals surface area contributed by atoms with Gasteiger partial charge < -0.3 is 25.2 Å². The number of hydrogen-bond acceptors (Lipinski definition) is 5. The van der Waals surface area contributed by atoms with Gasteiger partial charge in [-0.25, -0.2) is 9.78 Å². The van der Waals surface area contributed by atoms with E-state index in [1.165, 1.54) is 13.3 Å². The van der Waals surface area contributed by atoms with Crippen LogP contribution in [0.2, 0.25) is 0 Å². The Hall–Kier alpha value is -2.80. The summed E-state index contributed by atoms with van der Waals surface area (Å²) in [7, 11) is 1.51. The molecule has 2 aromatic rings. The number of aliphatic hydroxyl groups is 1. The first-order valence-electron chi connectivity index (χ1n) is 7.08. The number of aromatic nitrogens is 1. The predicted octanol–water partition coefficient (Wildman–Crippen LogP) is 1.65. The van der Waals surface area contributed by atoms with Crippen LogP contribution >= 0.6 is 0 Å². The van der Waals surface area contributed by atoms with E-state index < -0.39 is 12.1 Å². The highest BCUT2D eigenvalue weighted by Crippen LogP contribution is 2.10. The van der Waals surface area contributed by atoms with Gasteiger partial charge in [-0.1, -0.05) is 18.2 Å². The van der Waals surface area contributed by atoms with E-state index in [1.807, 2.05) is 18.2 Å². The first-order valence-corrected chi connectivity index (χ1v) is 7.08. The van der Waals surface area contributed by atoms with Crippen LogP contribution < -0.4 is 20.1 Å². The van der Waals surface area contributed by atoms with E-state index in [0.717, 1.165) is 0 Å². The number of rotatable bonds is 7. The van der Waals surface area contributed by atoms with Crippen LogP contribution in [0, 0.1) is 0 Å². The number of urea groups is 1. The average molecular weight is 317 g/mol. The number of pyridine rings is 1. The fourth-order valence-corrected chi connectivity index (χ4v) is 1.73. The Bertz CT molecular complexity index is 604. The number of para-hydroxylation sites is 1. The molecular weight excluding hydrogens is 298 g/mol. The Kier molecular flexibility index (Phi) is 6.19. The average Bonchev–Trinajstić information content (AvgIpc) is 2.60. The lowest BCUT2D eigenvalue weighted by Crippen LogP contribution is -2.37. The van der Waals surface area contributed by atoms with E-state index in [9.17, 15) is 9.90 Å². The van der Waals surface area contributed by atoms with Crippen molar-refractivity contribution in [2.24, 2.45) is 0 Å². The van der Waals surface area contributed by atoms with Crippen molar-refractivity contribution in [2.75, 3.05) is 25.6 Å². The maximum atomic E-state index is 11.7. The van der Waals surface area contributed by atoms with Crippen LogP contribution in [0.25, 0.3) is 0 Å². The molecule has 7 heteroatoms. The number of anilines is 1. The quantitative estimate of drug-likeness (QED) is 0.722. The summed E-state index contributed by atoms with van der Waals surface area (Å²) >= 11 is 0. The number of hydrogen-bond donors (Lipinski definition) is 3. The highest BCUT2D eigenvalue weighted by atomic mass is 16.5. The molecule has 3 N–H and O–H groups in total. The van der Waals surface area contributed by atoms with E-state index in [1.54, 1.807) is 24.3 Å². The van der Waals surface area contributed by atoms with Gasteiger partial charge in [0.1, 0.15) is 18.5 Å². The third-order valence-electron chi connectivity index (χ3n) is 2.89. The Morgan fingerprint density at radius 3 is 2.70 bits per heavy atom. The van der Waals surface area contributed by atoms with E-state index in [4.69, 9.17) is 9.47 Å². The smallest absolute Gasteiger partial charge is 0.319 e. The van der Waals surface area contributed by atoms with Crippen molar-refractivity contribution in [3.05, 3.63) is 48.7 Å². The molecule has 0 fully saturated rings. The highest BCUT2D eigenvalue weighted by molar-refractivity contribution is 5.89. The molecule has 0 saturated heterocycles. The van der Waals surface area contributed by atoms with Crippen LogP contribution in [0.3, 0.4) is 0 Å². The standard InChI is InChI=1S/C16H19N3O4/c1-22-15-8-7-12(9-17-15)19-16(21)18-10-13(20)11-23-14-5-3-2-4-6-14/h2-9,13,20H,10-11H2,1H3,(H2,18,19,21)/t13-/m0/s1. The molecule has 0 unspecified atom stereocenters. The molecular formula is C16H19N3O4. The van der Waals surface area contributed by atoms with Crippen molar-refractivity contribution in [2.45, 2.75) is 6.10 Å². The summed E-state index contributed by atoms with van der Waals surface area (Å²) in [6, 6.07) is 12.0. The molecule has 0 spiro atoms. The van der Waals surface area contributed by atoms with Gasteiger partial charge in [0.2, 0.25) is 5.88 Å². The second kappa shape index (κ2) is 8.60. The Morgan fingerprint density at radius 2 is 2.04 bits per heavy atom. The summed E-state index contributed by atoms with van der Waals surface area (Å²) in [5.41, 5.74) is 0.526. The second-order valence-corrected chi connectivity index (χ2v) is 4.70.